The van der Waals surface area contributed by atoms with Crippen LogP contribution in [0.25, 0.3) is 27.7 Å². The van der Waals surface area contributed by atoms with E-state index in [1.54, 1.807) is 43.3 Å². The van der Waals surface area contributed by atoms with Gasteiger partial charge in [-0.2, -0.15) is 0 Å². The topological polar surface area (TPSA) is 112 Å². The minimum absolute atomic E-state index is 0.00108. The number of fused-ring (bicyclic) bond motifs is 1. The molecule has 2 aromatic heterocycles. The summed E-state index contributed by atoms with van der Waals surface area (Å²) in [4.78, 5) is 21.0. The molecule has 39 heavy (non-hydrogen) atoms. The van der Waals surface area contributed by atoms with Crippen LogP contribution in [-0.2, 0) is 10.0 Å². The molecular formula is C28H23FN4O5S. The maximum atomic E-state index is 14.1. The van der Waals surface area contributed by atoms with Gasteiger partial charge in [-0.25, -0.2) is 22.8 Å². The monoisotopic (exact) mass is 546 g/mol. The van der Waals surface area contributed by atoms with Crippen molar-refractivity contribution in [2.75, 3.05) is 18.9 Å². The zero-order valence-corrected chi connectivity index (χ0v) is 22.0. The highest BCUT2D eigenvalue weighted by molar-refractivity contribution is 7.92. The molecule has 0 spiro atoms. The highest BCUT2D eigenvalue weighted by atomic mass is 32.2. The number of aryl methyl sites for hydroxylation is 1. The molecule has 1 N–H and O–H groups in total. The Morgan fingerprint density at radius 1 is 0.872 bits per heavy atom. The number of hydrogen-bond donors (Lipinski definition) is 1. The van der Waals surface area contributed by atoms with E-state index >= 15 is 0 Å². The SMILES string of the molecule is COc1cc(F)cc(-c2ccc(-n3c(=O)ccc4cc(S(=O)(=O)Nc5cc(C)ncn5)ccc43)c(OC)c2)c1. The van der Waals surface area contributed by atoms with Crippen molar-refractivity contribution in [3.63, 3.8) is 0 Å². The number of nitrogens with zero attached hydrogens (tertiary/aromatic N) is 3. The summed E-state index contributed by atoms with van der Waals surface area (Å²) in [5, 5.41) is 0.511. The van der Waals surface area contributed by atoms with Crippen molar-refractivity contribution in [3.05, 3.63) is 101 Å². The van der Waals surface area contributed by atoms with Crippen LogP contribution < -0.4 is 19.8 Å². The summed E-state index contributed by atoms with van der Waals surface area (Å²) < 4.78 is 54.8. The molecule has 0 aliphatic carbocycles. The van der Waals surface area contributed by atoms with E-state index in [2.05, 4.69) is 14.7 Å². The summed E-state index contributed by atoms with van der Waals surface area (Å²) in [6, 6.07) is 18.3. The number of halogens is 1. The lowest BCUT2D eigenvalue weighted by Crippen LogP contribution is -2.19. The maximum absolute atomic E-state index is 14.1. The molecule has 11 heteroatoms. The van der Waals surface area contributed by atoms with Crippen molar-refractivity contribution in [1.82, 2.24) is 14.5 Å². The van der Waals surface area contributed by atoms with Gasteiger partial charge in [0, 0.05) is 29.3 Å². The third kappa shape index (κ3) is 5.16. The van der Waals surface area contributed by atoms with Crippen LogP contribution in [0.3, 0.4) is 0 Å². The Morgan fingerprint density at radius 2 is 1.69 bits per heavy atom. The molecule has 5 aromatic rings. The number of pyridine rings is 1. The standard InChI is InChI=1S/C28H23FN4O5S/c1-17-10-27(31-16-30-17)32-39(35,36)23-6-8-24-19(13-23)5-9-28(34)33(24)25-7-4-18(14-26(25)38-3)20-11-21(29)15-22(12-20)37-2/h4-16H,1-3H3,(H,30,31,32). The molecule has 0 unspecified atom stereocenters. The van der Waals surface area contributed by atoms with Gasteiger partial charge in [-0.15, -0.1) is 0 Å². The first-order valence-electron chi connectivity index (χ1n) is 11.7. The normalized spacial score (nSPS) is 11.4. The number of sulfonamides is 1. The summed E-state index contributed by atoms with van der Waals surface area (Å²) in [5.74, 6) is 0.428. The Bertz CT molecular complexity index is 1890. The van der Waals surface area contributed by atoms with Gasteiger partial charge in [0.15, 0.2) is 0 Å². The predicted molar refractivity (Wildman–Crippen MR) is 146 cm³/mol. The molecule has 2 heterocycles. The number of hydrogen-bond acceptors (Lipinski definition) is 7. The highest BCUT2D eigenvalue weighted by Crippen LogP contribution is 2.33. The molecule has 5 rings (SSSR count). The molecule has 0 radical (unpaired) electrons. The number of methoxy groups -OCH3 is 2. The van der Waals surface area contributed by atoms with E-state index in [1.165, 1.54) is 61.5 Å². The summed E-state index contributed by atoms with van der Waals surface area (Å²) in [6.45, 7) is 1.73. The molecule has 198 valence electrons. The summed E-state index contributed by atoms with van der Waals surface area (Å²) in [5.41, 5.74) is 2.40. The van der Waals surface area contributed by atoms with E-state index in [1.807, 2.05) is 0 Å². The molecule has 0 amide bonds. The number of benzene rings is 3. The van der Waals surface area contributed by atoms with Crippen LogP contribution in [0.5, 0.6) is 11.5 Å². The van der Waals surface area contributed by atoms with Crippen LogP contribution in [0.1, 0.15) is 5.69 Å². The molecule has 3 aromatic carbocycles. The molecule has 0 atom stereocenters. The van der Waals surface area contributed by atoms with Crippen molar-refractivity contribution < 1.29 is 22.3 Å². The molecular weight excluding hydrogens is 523 g/mol. The van der Waals surface area contributed by atoms with Crippen LogP contribution in [0.2, 0.25) is 0 Å². The first kappa shape index (κ1) is 25.9. The van der Waals surface area contributed by atoms with Crippen molar-refractivity contribution in [3.8, 4) is 28.3 Å². The van der Waals surface area contributed by atoms with Crippen LogP contribution >= 0.6 is 0 Å². The minimum atomic E-state index is -3.96. The van der Waals surface area contributed by atoms with Crippen LogP contribution in [0.4, 0.5) is 10.2 Å². The lowest BCUT2D eigenvalue weighted by Gasteiger charge is -2.16. The van der Waals surface area contributed by atoms with E-state index < -0.39 is 15.8 Å². The third-order valence-corrected chi connectivity index (χ3v) is 7.43. The summed E-state index contributed by atoms with van der Waals surface area (Å²) in [7, 11) is -1.04. The van der Waals surface area contributed by atoms with Gasteiger partial charge in [0.1, 0.15) is 29.5 Å². The smallest absolute Gasteiger partial charge is 0.263 e. The van der Waals surface area contributed by atoms with E-state index in [0.717, 1.165) is 0 Å². The predicted octanol–water partition coefficient (Wildman–Crippen LogP) is 4.71. The van der Waals surface area contributed by atoms with Crippen molar-refractivity contribution in [2.45, 2.75) is 11.8 Å². The van der Waals surface area contributed by atoms with Gasteiger partial charge < -0.3 is 9.47 Å². The largest absolute Gasteiger partial charge is 0.497 e. The second kappa shape index (κ2) is 10.2. The van der Waals surface area contributed by atoms with Crippen molar-refractivity contribution in [1.29, 1.82) is 0 Å². The zero-order chi connectivity index (χ0) is 27.7. The maximum Gasteiger partial charge on any atom is 0.263 e. The van der Waals surface area contributed by atoms with E-state index in [4.69, 9.17) is 9.47 Å². The van der Waals surface area contributed by atoms with Gasteiger partial charge in [-0.1, -0.05) is 6.07 Å². The Labute approximate surface area is 223 Å². The second-order valence-corrected chi connectivity index (χ2v) is 10.3. The van der Waals surface area contributed by atoms with Gasteiger partial charge in [0.25, 0.3) is 15.6 Å². The average molecular weight is 547 g/mol. The third-order valence-electron chi connectivity index (χ3n) is 6.08. The number of aromatic nitrogens is 3. The Hall–Kier alpha value is -4.77. The molecule has 0 saturated carbocycles. The van der Waals surface area contributed by atoms with Gasteiger partial charge in [0.2, 0.25) is 0 Å². The lowest BCUT2D eigenvalue weighted by atomic mass is 10.0. The number of nitrogens with one attached hydrogen (secondary N) is 1. The Balaban J connectivity index is 1.58. The van der Waals surface area contributed by atoms with Crippen LogP contribution in [0.15, 0.2) is 88.8 Å². The summed E-state index contributed by atoms with van der Waals surface area (Å²) in [6.07, 6.45) is 1.27. The number of rotatable bonds is 7. The van der Waals surface area contributed by atoms with Gasteiger partial charge >= 0.3 is 0 Å². The highest BCUT2D eigenvalue weighted by Gasteiger charge is 2.18. The van der Waals surface area contributed by atoms with Crippen LogP contribution in [0, 0.1) is 12.7 Å². The van der Waals surface area contributed by atoms with E-state index in [9.17, 15) is 17.6 Å². The minimum Gasteiger partial charge on any atom is -0.497 e. The average Bonchev–Trinajstić information content (AvgIpc) is 2.92. The molecule has 9 nitrogen and oxygen atoms in total. The first-order chi connectivity index (χ1) is 18.7. The fourth-order valence-electron chi connectivity index (χ4n) is 4.24. The first-order valence-corrected chi connectivity index (χ1v) is 13.2. The summed E-state index contributed by atoms with van der Waals surface area (Å²) >= 11 is 0. The molecule has 0 fully saturated rings. The fraction of sp³-hybridized carbons (Fsp3) is 0.107. The zero-order valence-electron chi connectivity index (χ0n) is 21.2. The van der Waals surface area contributed by atoms with Gasteiger partial charge in [-0.3, -0.25) is 14.1 Å². The molecule has 0 saturated heterocycles. The quantitative estimate of drug-likeness (QED) is 0.315. The molecule has 0 aliphatic heterocycles. The molecule has 0 aliphatic rings. The van der Waals surface area contributed by atoms with Gasteiger partial charge in [-0.05, 0) is 66.6 Å². The van der Waals surface area contributed by atoms with Crippen molar-refractivity contribution >= 4 is 26.7 Å². The van der Waals surface area contributed by atoms with E-state index in [-0.39, 0.29) is 16.3 Å². The Kier molecular flexibility index (Phi) is 6.75. The number of ether oxygens (including phenoxy) is 2. The Morgan fingerprint density at radius 3 is 2.44 bits per heavy atom. The lowest BCUT2D eigenvalue weighted by molar-refractivity contribution is 0.411. The fourth-order valence-corrected chi connectivity index (χ4v) is 5.27. The number of anilines is 1. The second-order valence-electron chi connectivity index (χ2n) is 8.64. The van der Waals surface area contributed by atoms with Gasteiger partial charge in [0.05, 0.1) is 30.3 Å². The van der Waals surface area contributed by atoms with Crippen LogP contribution in [-0.4, -0.2) is 37.2 Å². The van der Waals surface area contributed by atoms with Crippen molar-refractivity contribution in [2.24, 2.45) is 0 Å². The van der Waals surface area contributed by atoms with E-state index in [0.29, 0.717) is 44.9 Å². The molecule has 0 bridgehead atoms.